The lowest BCUT2D eigenvalue weighted by atomic mass is 10.1. The third-order valence-corrected chi connectivity index (χ3v) is 2.70. The standard InChI is InChI=1S/C13H18O4/c1-2-3-6-15-8-11(14)10-4-5-12-13(7-10)17-9-16-12/h4-5,7,11,14H,2-3,6,8-9H2,1H3. The summed E-state index contributed by atoms with van der Waals surface area (Å²) < 4.78 is 15.9. The fraction of sp³-hybridized carbons (Fsp3) is 0.538. The van der Waals surface area contributed by atoms with Crippen molar-refractivity contribution < 1.29 is 19.3 Å². The number of ether oxygens (including phenoxy) is 3. The molecular weight excluding hydrogens is 220 g/mol. The van der Waals surface area contributed by atoms with Gasteiger partial charge in [-0.15, -0.1) is 0 Å². The highest BCUT2D eigenvalue weighted by molar-refractivity contribution is 5.45. The zero-order valence-corrected chi connectivity index (χ0v) is 10.0. The molecule has 0 bridgehead atoms. The normalized spacial score (nSPS) is 14.9. The van der Waals surface area contributed by atoms with Crippen molar-refractivity contribution in [2.24, 2.45) is 0 Å². The second kappa shape index (κ2) is 5.89. The Labute approximate surface area is 101 Å². The van der Waals surface area contributed by atoms with Gasteiger partial charge in [0.2, 0.25) is 6.79 Å². The van der Waals surface area contributed by atoms with Gasteiger partial charge >= 0.3 is 0 Å². The first-order chi connectivity index (χ1) is 8.31. The Morgan fingerprint density at radius 2 is 2.18 bits per heavy atom. The van der Waals surface area contributed by atoms with E-state index < -0.39 is 6.10 Å². The zero-order valence-electron chi connectivity index (χ0n) is 10.0. The van der Waals surface area contributed by atoms with Gasteiger partial charge in [0.15, 0.2) is 11.5 Å². The molecule has 4 nitrogen and oxygen atoms in total. The third kappa shape index (κ3) is 3.11. The van der Waals surface area contributed by atoms with Crippen LogP contribution < -0.4 is 9.47 Å². The van der Waals surface area contributed by atoms with Crippen LogP contribution in [-0.2, 0) is 4.74 Å². The molecule has 0 aliphatic carbocycles. The fourth-order valence-electron chi connectivity index (χ4n) is 1.66. The highest BCUT2D eigenvalue weighted by Gasteiger charge is 2.16. The minimum Gasteiger partial charge on any atom is -0.454 e. The molecule has 4 heteroatoms. The molecule has 0 radical (unpaired) electrons. The van der Waals surface area contributed by atoms with Gasteiger partial charge < -0.3 is 19.3 Å². The van der Waals surface area contributed by atoms with Crippen LogP contribution in [0.5, 0.6) is 11.5 Å². The molecule has 0 amide bonds. The Kier molecular flexibility index (Phi) is 4.23. The van der Waals surface area contributed by atoms with Gasteiger partial charge in [0, 0.05) is 6.61 Å². The van der Waals surface area contributed by atoms with Crippen molar-refractivity contribution in [1.82, 2.24) is 0 Å². The molecule has 1 N–H and O–H groups in total. The Bertz CT molecular complexity index is 364. The average molecular weight is 238 g/mol. The highest BCUT2D eigenvalue weighted by atomic mass is 16.7. The van der Waals surface area contributed by atoms with E-state index in [2.05, 4.69) is 6.92 Å². The Balaban J connectivity index is 1.88. The Hall–Kier alpha value is -1.26. The van der Waals surface area contributed by atoms with Crippen molar-refractivity contribution in [3.05, 3.63) is 23.8 Å². The van der Waals surface area contributed by atoms with Crippen LogP contribution in [0.2, 0.25) is 0 Å². The van der Waals surface area contributed by atoms with Gasteiger partial charge in [-0.2, -0.15) is 0 Å². The molecular formula is C13H18O4. The van der Waals surface area contributed by atoms with Crippen LogP contribution in [0.4, 0.5) is 0 Å². The van der Waals surface area contributed by atoms with Gasteiger partial charge in [0.05, 0.1) is 6.61 Å². The van der Waals surface area contributed by atoms with Crippen molar-refractivity contribution in [3.63, 3.8) is 0 Å². The van der Waals surface area contributed by atoms with Crippen molar-refractivity contribution in [3.8, 4) is 11.5 Å². The van der Waals surface area contributed by atoms with Crippen LogP contribution in [0.1, 0.15) is 31.4 Å². The number of benzene rings is 1. The Morgan fingerprint density at radius 1 is 1.35 bits per heavy atom. The lowest BCUT2D eigenvalue weighted by Crippen LogP contribution is -2.08. The van der Waals surface area contributed by atoms with E-state index in [1.54, 1.807) is 6.07 Å². The molecule has 1 unspecified atom stereocenters. The monoisotopic (exact) mass is 238 g/mol. The lowest BCUT2D eigenvalue weighted by molar-refractivity contribution is 0.0348. The van der Waals surface area contributed by atoms with Crippen LogP contribution in [0.3, 0.4) is 0 Å². The van der Waals surface area contributed by atoms with Crippen molar-refractivity contribution in [1.29, 1.82) is 0 Å². The van der Waals surface area contributed by atoms with E-state index >= 15 is 0 Å². The number of rotatable bonds is 6. The molecule has 0 aromatic heterocycles. The molecule has 1 aromatic rings. The molecule has 1 atom stereocenters. The topological polar surface area (TPSA) is 47.9 Å². The van der Waals surface area contributed by atoms with Crippen molar-refractivity contribution in [2.75, 3.05) is 20.0 Å². The van der Waals surface area contributed by atoms with Crippen LogP contribution in [0.25, 0.3) is 0 Å². The quantitative estimate of drug-likeness (QED) is 0.772. The van der Waals surface area contributed by atoms with Crippen LogP contribution in [-0.4, -0.2) is 25.1 Å². The largest absolute Gasteiger partial charge is 0.454 e. The van der Waals surface area contributed by atoms with E-state index in [1.807, 2.05) is 12.1 Å². The summed E-state index contributed by atoms with van der Waals surface area (Å²) in [7, 11) is 0. The second-order valence-electron chi connectivity index (χ2n) is 4.06. The smallest absolute Gasteiger partial charge is 0.231 e. The number of hydrogen-bond donors (Lipinski definition) is 1. The summed E-state index contributed by atoms with van der Waals surface area (Å²) in [5.74, 6) is 1.42. The molecule has 1 aliphatic heterocycles. The molecule has 2 rings (SSSR count). The van der Waals surface area contributed by atoms with Gasteiger partial charge in [0.1, 0.15) is 6.10 Å². The maximum Gasteiger partial charge on any atom is 0.231 e. The number of aliphatic hydroxyl groups excluding tert-OH is 1. The summed E-state index contributed by atoms with van der Waals surface area (Å²) in [6, 6.07) is 5.45. The average Bonchev–Trinajstić information content (AvgIpc) is 2.81. The van der Waals surface area contributed by atoms with E-state index in [4.69, 9.17) is 14.2 Å². The number of fused-ring (bicyclic) bond motifs is 1. The molecule has 94 valence electrons. The minimum absolute atomic E-state index is 0.252. The van der Waals surface area contributed by atoms with Gasteiger partial charge in [-0.25, -0.2) is 0 Å². The SMILES string of the molecule is CCCCOCC(O)c1ccc2c(c1)OCO2. The van der Waals surface area contributed by atoms with Gasteiger partial charge in [0.25, 0.3) is 0 Å². The first-order valence-electron chi connectivity index (χ1n) is 5.96. The van der Waals surface area contributed by atoms with Crippen LogP contribution in [0, 0.1) is 0 Å². The van der Waals surface area contributed by atoms with Crippen molar-refractivity contribution >= 4 is 0 Å². The molecule has 1 heterocycles. The summed E-state index contributed by atoms with van der Waals surface area (Å²) in [6.45, 7) is 3.37. The molecule has 0 saturated heterocycles. The predicted octanol–water partition coefficient (Wildman–Crippen LogP) is 2.27. The maximum absolute atomic E-state index is 9.93. The summed E-state index contributed by atoms with van der Waals surface area (Å²) in [5, 5.41) is 9.93. The van der Waals surface area contributed by atoms with Gasteiger partial charge in [-0.1, -0.05) is 19.4 Å². The van der Waals surface area contributed by atoms with Crippen LogP contribution >= 0.6 is 0 Å². The summed E-state index contributed by atoms with van der Waals surface area (Å²) in [4.78, 5) is 0. The first kappa shape index (κ1) is 12.2. The summed E-state index contributed by atoms with van der Waals surface area (Å²) in [5.41, 5.74) is 0.797. The van der Waals surface area contributed by atoms with E-state index in [0.29, 0.717) is 19.0 Å². The minimum atomic E-state index is -0.610. The fourth-order valence-corrected chi connectivity index (χ4v) is 1.66. The maximum atomic E-state index is 9.93. The second-order valence-corrected chi connectivity index (χ2v) is 4.06. The first-order valence-corrected chi connectivity index (χ1v) is 5.96. The summed E-state index contributed by atoms with van der Waals surface area (Å²) >= 11 is 0. The highest BCUT2D eigenvalue weighted by Crippen LogP contribution is 2.34. The molecule has 1 aromatic carbocycles. The number of unbranched alkanes of at least 4 members (excludes halogenated alkanes) is 1. The van der Waals surface area contributed by atoms with Crippen molar-refractivity contribution in [2.45, 2.75) is 25.9 Å². The number of hydrogen-bond acceptors (Lipinski definition) is 4. The lowest BCUT2D eigenvalue weighted by Gasteiger charge is -2.12. The molecule has 0 spiro atoms. The molecule has 1 aliphatic rings. The van der Waals surface area contributed by atoms with E-state index in [1.165, 1.54) is 0 Å². The molecule has 17 heavy (non-hydrogen) atoms. The van der Waals surface area contributed by atoms with Crippen LogP contribution in [0.15, 0.2) is 18.2 Å². The molecule has 0 saturated carbocycles. The number of aliphatic hydroxyl groups is 1. The van der Waals surface area contributed by atoms with E-state index in [9.17, 15) is 5.11 Å². The molecule has 0 fully saturated rings. The predicted molar refractivity (Wildman–Crippen MR) is 63.3 cm³/mol. The Morgan fingerprint density at radius 3 is 3.00 bits per heavy atom. The zero-order chi connectivity index (χ0) is 12.1. The summed E-state index contributed by atoms with van der Waals surface area (Å²) in [6.07, 6.45) is 1.51. The third-order valence-electron chi connectivity index (χ3n) is 2.70. The van der Waals surface area contributed by atoms with Gasteiger partial charge in [-0.3, -0.25) is 0 Å². The van der Waals surface area contributed by atoms with E-state index in [0.717, 1.165) is 24.2 Å². The van der Waals surface area contributed by atoms with E-state index in [-0.39, 0.29) is 6.79 Å². The van der Waals surface area contributed by atoms with Gasteiger partial charge in [-0.05, 0) is 24.1 Å².